The van der Waals surface area contributed by atoms with Gasteiger partial charge < -0.3 is 9.88 Å². The Kier molecular flexibility index (Phi) is 5.89. The second kappa shape index (κ2) is 6.94. The highest BCUT2D eigenvalue weighted by Gasteiger charge is 2.09. The van der Waals surface area contributed by atoms with Gasteiger partial charge in [-0.15, -0.1) is 0 Å². The molecule has 17 heavy (non-hydrogen) atoms. The Hall–Kier alpha value is -0.640. The maximum Gasteiger partial charge on any atom is 0.203 e. The van der Waals surface area contributed by atoms with E-state index in [9.17, 15) is 0 Å². The number of nitrogens with zero attached hydrogens (tertiary/aromatic N) is 2. The van der Waals surface area contributed by atoms with E-state index in [0.29, 0.717) is 12.0 Å². The average molecular weight is 255 g/mol. The Balaban J connectivity index is 2.62. The van der Waals surface area contributed by atoms with E-state index in [0.717, 1.165) is 23.9 Å². The fourth-order valence-corrected chi connectivity index (χ4v) is 2.42. The van der Waals surface area contributed by atoms with Gasteiger partial charge in [-0.2, -0.15) is 11.8 Å². The van der Waals surface area contributed by atoms with Gasteiger partial charge in [0.1, 0.15) is 0 Å². The van der Waals surface area contributed by atoms with Crippen molar-refractivity contribution < 1.29 is 0 Å². The standard InChI is InChI=1S/C13H25N3S/c1-6-17-9-12(5)15-13-14-11(4)8-16(13)7-10(2)3/h8,10,12H,6-7,9H2,1-5H3,(H,14,15). The van der Waals surface area contributed by atoms with Crippen molar-refractivity contribution in [2.75, 3.05) is 16.8 Å². The highest BCUT2D eigenvalue weighted by Crippen LogP contribution is 2.14. The number of aromatic nitrogens is 2. The van der Waals surface area contributed by atoms with Gasteiger partial charge in [-0.3, -0.25) is 0 Å². The molecule has 0 aliphatic rings. The molecule has 0 bridgehead atoms. The lowest BCUT2D eigenvalue weighted by Crippen LogP contribution is -2.21. The predicted molar refractivity (Wildman–Crippen MR) is 77.9 cm³/mol. The number of aryl methyl sites for hydroxylation is 1. The van der Waals surface area contributed by atoms with E-state index >= 15 is 0 Å². The lowest BCUT2D eigenvalue weighted by atomic mass is 10.2. The van der Waals surface area contributed by atoms with E-state index in [1.165, 1.54) is 5.75 Å². The summed E-state index contributed by atoms with van der Waals surface area (Å²) in [5.41, 5.74) is 1.09. The van der Waals surface area contributed by atoms with E-state index in [1.807, 2.05) is 18.7 Å². The summed E-state index contributed by atoms with van der Waals surface area (Å²) < 4.78 is 2.23. The first-order chi connectivity index (χ1) is 8.02. The minimum atomic E-state index is 0.465. The SMILES string of the molecule is CCSCC(C)Nc1nc(C)cn1CC(C)C. The number of anilines is 1. The Morgan fingerprint density at radius 3 is 2.71 bits per heavy atom. The molecular formula is C13H25N3S. The molecule has 4 heteroatoms. The smallest absolute Gasteiger partial charge is 0.203 e. The topological polar surface area (TPSA) is 29.9 Å². The minimum Gasteiger partial charge on any atom is -0.352 e. The lowest BCUT2D eigenvalue weighted by molar-refractivity contribution is 0.525. The molecule has 0 aliphatic heterocycles. The van der Waals surface area contributed by atoms with Crippen LogP contribution in [0.25, 0.3) is 0 Å². The largest absolute Gasteiger partial charge is 0.352 e. The molecule has 0 saturated heterocycles. The Morgan fingerprint density at radius 1 is 1.41 bits per heavy atom. The Labute approximate surface area is 109 Å². The quantitative estimate of drug-likeness (QED) is 0.810. The molecule has 0 radical (unpaired) electrons. The lowest BCUT2D eigenvalue weighted by Gasteiger charge is -2.16. The number of thioether (sulfide) groups is 1. The fourth-order valence-electron chi connectivity index (χ4n) is 1.75. The van der Waals surface area contributed by atoms with Crippen LogP contribution in [0.2, 0.25) is 0 Å². The Bertz CT molecular complexity index is 333. The van der Waals surface area contributed by atoms with E-state index in [4.69, 9.17) is 0 Å². The summed E-state index contributed by atoms with van der Waals surface area (Å²) in [6, 6.07) is 0.465. The van der Waals surface area contributed by atoms with Crippen LogP contribution in [-0.2, 0) is 6.54 Å². The molecule has 0 aliphatic carbocycles. The molecule has 1 heterocycles. The van der Waals surface area contributed by atoms with Crippen molar-refractivity contribution >= 4 is 17.7 Å². The molecule has 1 aromatic rings. The van der Waals surface area contributed by atoms with Crippen LogP contribution in [0.4, 0.5) is 5.95 Å². The molecular weight excluding hydrogens is 230 g/mol. The molecule has 0 amide bonds. The maximum atomic E-state index is 4.55. The summed E-state index contributed by atoms with van der Waals surface area (Å²) in [4.78, 5) is 4.55. The predicted octanol–water partition coefficient (Wildman–Crippen LogP) is 3.40. The summed E-state index contributed by atoms with van der Waals surface area (Å²) in [6.07, 6.45) is 2.13. The molecule has 1 rings (SSSR count). The van der Waals surface area contributed by atoms with Gasteiger partial charge in [0.25, 0.3) is 0 Å². The number of nitrogens with one attached hydrogen (secondary N) is 1. The van der Waals surface area contributed by atoms with Gasteiger partial charge in [-0.25, -0.2) is 4.98 Å². The van der Waals surface area contributed by atoms with Gasteiger partial charge in [0.05, 0.1) is 5.69 Å². The summed E-state index contributed by atoms with van der Waals surface area (Å²) >= 11 is 1.96. The molecule has 0 aromatic carbocycles. The van der Waals surface area contributed by atoms with Crippen LogP contribution in [0.15, 0.2) is 6.20 Å². The second-order valence-electron chi connectivity index (χ2n) is 4.96. The van der Waals surface area contributed by atoms with E-state index < -0.39 is 0 Å². The van der Waals surface area contributed by atoms with Crippen molar-refractivity contribution in [1.82, 2.24) is 9.55 Å². The first-order valence-electron chi connectivity index (χ1n) is 6.41. The first-order valence-corrected chi connectivity index (χ1v) is 7.56. The maximum absolute atomic E-state index is 4.55. The normalized spacial score (nSPS) is 13.1. The number of imidazole rings is 1. The monoisotopic (exact) mass is 255 g/mol. The van der Waals surface area contributed by atoms with Crippen LogP contribution in [-0.4, -0.2) is 27.1 Å². The van der Waals surface area contributed by atoms with Crippen LogP contribution < -0.4 is 5.32 Å². The van der Waals surface area contributed by atoms with Crippen LogP contribution in [0.3, 0.4) is 0 Å². The molecule has 1 unspecified atom stereocenters. The Morgan fingerprint density at radius 2 is 2.12 bits per heavy atom. The fraction of sp³-hybridized carbons (Fsp3) is 0.769. The highest BCUT2D eigenvalue weighted by molar-refractivity contribution is 7.99. The van der Waals surface area contributed by atoms with Gasteiger partial charge in [0.15, 0.2) is 0 Å². The molecule has 1 atom stereocenters. The van der Waals surface area contributed by atoms with E-state index in [-0.39, 0.29) is 0 Å². The average Bonchev–Trinajstić information content (AvgIpc) is 2.55. The van der Waals surface area contributed by atoms with E-state index in [2.05, 4.69) is 48.8 Å². The first kappa shape index (κ1) is 14.4. The number of hydrogen-bond acceptors (Lipinski definition) is 3. The molecule has 1 aromatic heterocycles. The van der Waals surface area contributed by atoms with Gasteiger partial charge in [-0.1, -0.05) is 20.8 Å². The van der Waals surface area contributed by atoms with Crippen molar-refractivity contribution in [2.24, 2.45) is 5.92 Å². The van der Waals surface area contributed by atoms with Gasteiger partial charge in [-0.05, 0) is 25.5 Å². The van der Waals surface area contributed by atoms with Gasteiger partial charge >= 0.3 is 0 Å². The summed E-state index contributed by atoms with van der Waals surface area (Å²) in [5.74, 6) is 3.96. The molecule has 0 saturated carbocycles. The third-order valence-electron chi connectivity index (χ3n) is 2.41. The van der Waals surface area contributed by atoms with Crippen molar-refractivity contribution in [2.45, 2.75) is 47.2 Å². The molecule has 1 N–H and O–H groups in total. The van der Waals surface area contributed by atoms with Crippen molar-refractivity contribution in [1.29, 1.82) is 0 Å². The zero-order chi connectivity index (χ0) is 12.8. The van der Waals surface area contributed by atoms with E-state index in [1.54, 1.807) is 0 Å². The van der Waals surface area contributed by atoms with Crippen LogP contribution in [0, 0.1) is 12.8 Å². The van der Waals surface area contributed by atoms with Crippen LogP contribution in [0.1, 0.15) is 33.4 Å². The van der Waals surface area contributed by atoms with Crippen LogP contribution in [0.5, 0.6) is 0 Å². The van der Waals surface area contributed by atoms with Gasteiger partial charge in [0.2, 0.25) is 5.95 Å². The minimum absolute atomic E-state index is 0.465. The third-order valence-corrected chi connectivity index (χ3v) is 3.55. The summed E-state index contributed by atoms with van der Waals surface area (Å²) in [7, 11) is 0. The summed E-state index contributed by atoms with van der Waals surface area (Å²) in [6.45, 7) is 11.9. The van der Waals surface area contributed by atoms with Crippen LogP contribution >= 0.6 is 11.8 Å². The number of rotatable bonds is 7. The zero-order valence-electron chi connectivity index (χ0n) is 11.7. The van der Waals surface area contributed by atoms with Gasteiger partial charge in [0, 0.05) is 24.5 Å². The van der Waals surface area contributed by atoms with Crippen molar-refractivity contribution in [3.63, 3.8) is 0 Å². The van der Waals surface area contributed by atoms with Crippen molar-refractivity contribution in [3.8, 4) is 0 Å². The van der Waals surface area contributed by atoms with Crippen molar-refractivity contribution in [3.05, 3.63) is 11.9 Å². The summed E-state index contributed by atoms with van der Waals surface area (Å²) in [5, 5.41) is 3.50. The second-order valence-corrected chi connectivity index (χ2v) is 6.28. The molecule has 98 valence electrons. The zero-order valence-corrected chi connectivity index (χ0v) is 12.5. The number of hydrogen-bond donors (Lipinski definition) is 1. The molecule has 3 nitrogen and oxygen atoms in total. The third kappa shape index (κ3) is 5.02. The molecule has 0 spiro atoms. The molecule has 0 fully saturated rings. The highest BCUT2D eigenvalue weighted by atomic mass is 32.2.